The summed E-state index contributed by atoms with van der Waals surface area (Å²) in [4.78, 5) is 4.00. The van der Waals surface area contributed by atoms with Crippen molar-refractivity contribution < 1.29 is 4.74 Å². The summed E-state index contributed by atoms with van der Waals surface area (Å²) in [6.07, 6.45) is 5.71. The quantitative estimate of drug-likeness (QED) is 0.738. The van der Waals surface area contributed by atoms with Gasteiger partial charge in [-0.3, -0.25) is 0 Å². The second-order valence-electron chi connectivity index (χ2n) is 2.51. The predicted octanol–water partition coefficient (Wildman–Crippen LogP) is 1.70. The van der Waals surface area contributed by atoms with Gasteiger partial charge in [0.2, 0.25) is 0 Å². The fourth-order valence-electron chi connectivity index (χ4n) is 0.976. The lowest BCUT2D eigenvalue weighted by Gasteiger charge is -2.11. The van der Waals surface area contributed by atoms with Crippen molar-refractivity contribution >= 4 is 6.34 Å². The molecule has 0 amide bonds. The Balaban J connectivity index is 2.02. The van der Waals surface area contributed by atoms with Gasteiger partial charge in [-0.25, -0.2) is 4.99 Å². The minimum atomic E-state index is 0.588. The Morgan fingerprint density at radius 3 is 2.69 bits per heavy atom. The van der Waals surface area contributed by atoms with Crippen molar-refractivity contribution in [2.75, 3.05) is 0 Å². The Hall–Kier alpha value is -1.77. The molecular formula is C10H9N2O. The van der Waals surface area contributed by atoms with E-state index in [0.717, 1.165) is 5.75 Å². The number of para-hydroxylation sites is 1. The molecule has 1 N–H and O–H groups in total. The molecule has 13 heavy (non-hydrogen) atoms. The molecule has 0 aromatic heterocycles. The zero-order valence-electron chi connectivity index (χ0n) is 6.97. The topological polar surface area (TPSA) is 33.6 Å². The van der Waals surface area contributed by atoms with Gasteiger partial charge in [-0.15, -0.1) is 0 Å². The first-order valence-corrected chi connectivity index (χ1v) is 4.00. The molecule has 3 heteroatoms. The Labute approximate surface area is 76.8 Å². The van der Waals surface area contributed by atoms with E-state index in [1.54, 1.807) is 18.6 Å². The number of rotatable bonds is 2. The Kier molecular flexibility index (Phi) is 2.27. The zero-order valence-corrected chi connectivity index (χ0v) is 6.97. The molecule has 0 atom stereocenters. The smallest absolute Gasteiger partial charge is 0.287 e. The Morgan fingerprint density at radius 2 is 2.00 bits per heavy atom. The summed E-state index contributed by atoms with van der Waals surface area (Å²) in [5.74, 6) is 0.793. The van der Waals surface area contributed by atoms with Gasteiger partial charge in [-0.1, -0.05) is 18.2 Å². The number of nitrogens with zero attached hydrogens (tertiary/aromatic N) is 1. The van der Waals surface area contributed by atoms with Gasteiger partial charge in [0, 0.05) is 12.3 Å². The van der Waals surface area contributed by atoms with Crippen LogP contribution in [0.25, 0.3) is 0 Å². The molecule has 1 aromatic carbocycles. The molecule has 1 heterocycles. The van der Waals surface area contributed by atoms with Gasteiger partial charge in [0.15, 0.2) is 0 Å². The summed E-state index contributed by atoms with van der Waals surface area (Å²) in [7, 11) is 0. The summed E-state index contributed by atoms with van der Waals surface area (Å²) in [5.41, 5.74) is 0. The highest BCUT2D eigenvalue weighted by molar-refractivity contribution is 5.59. The molecule has 1 aliphatic heterocycles. The van der Waals surface area contributed by atoms with Crippen LogP contribution in [-0.2, 0) is 0 Å². The SMILES string of the molecule is C1=C[C](Oc2ccccc2)N=CN1. The van der Waals surface area contributed by atoms with E-state index >= 15 is 0 Å². The minimum Gasteiger partial charge on any atom is -0.456 e. The average molecular weight is 173 g/mol. The van der Waals surface area contributed by atoms with Crippen LogP contribution in [0.4, 0.5) is 0 Å². The molecular weight excluding hydrogens is 164 g/mol. The molecule has 0 aliphatic carbocycles. The molecule has 1 aliphatic rings. The fraction of sp³-hybridized carbons (Fsp3) is 0. The van der Waals surface area contributed by atoms with Crippen LogP contribution in [0.15, 0.2) is 47.6 Å². The summed E-state index contributed by atoms with van der Waals surface area (Å²) in [6.45, 7) is 0. The highest BCUT2D eigenvalue weighted by Gasteiger charge is 2.06. The van der Waals surface area contributed by atoms with Crippen LogP contribution in [-0.4, -0.2) is 6.34 Å². The lowest BCUT2D eigenvalue weighted by molar-refractivity contribution is 0.357. The molecule has 3 nitrogen and oxygen atoms in total. The normalized spacial score (nSPS) is 15.4. The van der Waals surface area contributed by atoms with E-state index in [1.165, 1.54) is 0 Å². The standard InChI is InChI=1S/C10H9N2O/c1-2-4-9(5-3-1)13-10-6-7-11-8-12-10/h1-8H,(H,11,12). The van der Waals surface area contributed by atoms with E-state index < -0.39 is 0 Å². The van der Waals surface area contributed by atoms with Gasteiger partial charge in [0.05, 0.1) is 6.34 Å². The third-order valence-corrected chi connectivity index (χ3v) is 1.55. The summed E-state index contributed by atoms with van der Waals surface area (Å²) in [6, 6.07) is 9.56. The molecule has 0 saturated carbocycles. The molecule has 2 rings (SSSR count). The summed E-state index contributed by atoms with van der Waals surface area (Å²) < 4.78 is 5.45. The van der Waals surface area contributed by atoms with Crippen LogP contribution in [0, 0.1) is 6.23 Å². The number of hydrogen-bond acceptors (Lipinski definition) is 3. The lowest BCUT2D eigenvalue weighted by atomic mass is 10.3. The van der Waals surface area contributed by atoms with Crippen LogP contribution >= 0.6 is 0 Å². The number of hydrogen-bond donors (Lipinski definition) is 1. The van der Waals surface area contributed by atoms with E-state index in [2.05, 4.69) is 10.3 Å². The zero-order chi connectivity index (χ0) is 8.93. The first kappa shape index (κ1) is 7.86. The Bertz CT molecular complexity index is 307. The van der Waals surface area contributed by atoms with E-state index in [1.807, 2.05) is 30.3 Å². The molecule has 1 aromatic rings. The molecule has 65 valence electrons. The molecule has 0 saturated heterocycles. The van der Waals surface area contributed by atoms with Crippen molar-refractivity contribution in [3.8, 4) is 5.75 Å². The van der Waals surface area contributed by atoms with E-state index in [4.69, 9.17) is 4.74 Å². The van der Waals surface area contributed by atoms with Crippen LogP contribution in [0.1, 0.15) is 0 Å². The first-order chi connectivity index (χ1) is 6.45. The van der Waals surface area contributed by atoms with Gasteiger partial charge in [-0.2, -0.15) is 0 Å². The molecule has 0 bridgehead atoms. The second-order valence-corrected chi connectivity index (χ2v) is 2.51. The number of nitrogens with one attached hydrogen (secondary N) is 1. The lowest BCUT2D eigenvalue weighted by Crippen LogP contribution is -2.12. The van der Waals surface area contributed by atoms with E-state index in [9.17, 15) is 0 Å². The maximum atomic E-state index is 5.45. The number of benzene rings is 1. The van der Waals surface area contributed by atoms with Crippen LogP contribution in [0.2, 0.25) is 0 Å². The van der Waals surface area contributed by atoms with Gasteiger partial charge >= 0.3 is 0 Å². The number of ether oxygens (including phenoxy) is 1. The summed E-state index contributed by atoms with van der Waals surface area (Å²) >= 11 is 0. The van der Waals surface area contributed by atoms with Gasteiger partial charge in [-0.05, 0) is 12.1 Å². The maximum absolute atomic E-state index is 5.45. The minimum absolute atomic E-state index is 0.588. The van der Waals surface area contributed by atoms with Crippen LogP contribution in [0.5, 0.6) is 5.75 Å². The van der Waals surface area contributed by atoms with Crippen molar-refractivity contribution in [3.63, 3.8) is 0 Å². The third kappa shape index (κ3) is 2.08. The third-order valence-electron chi connectivity index (χ3n) is 1.55. The van der Waals surface area contributed by atoms with E-state index in [-0.39, 0.29) is 0 Å². The van der Waals surface area contributed by atoms with E-state index in [0.29, 0.717) is 6.23 Å². The highest BCUT2D eigenvalue weighted by Crippen LogP contribution is 2.16. The summed E-state index contributed by atoms with van der Waals surface area (Å²) in [5, 5.41) is 2.83. The fourth-order valence-corrected chi connectivity index (χ4v) is 0.976. The Morgan fingerprint density at radius 1 is 1.15 bits per heavy atom. The second kappa shape index (κ2) is 3.76. The van der Waals surface area contributed by atoms with Crippen LogP contribution in [0.3, 0.4) is 0 Å². The van der Waals surface area contributed by atoms with Crippen molar-refractivity contribution in [1.29, 1.82) is 0 Å². The highest BCUT2D eigenvalue weighted by atomic mass is 16.5. The predicted molar refractivity (Wildman–Crippen MR) is 51.1 cm³/mol. The van der Waals surface area contributed by atoms with Crippen molar-refractivity contribution in [3.05, 3.63) is 48.8 Å². The monoisotopic (exact) mass is 173 g/mol. The molecule has 0 spiro atoms. The van der Waals surface area contributed by atoms with Crippen molar-refractivity contribution in [1.82, 2.24) is 5.32 Å². The van der Waals surface area contributed by atoms with Gasteiger partial charge in [0.25, 0.3) is 6.23 Å². The van der Waals surface area contributed by atoms with Crippen molar-refractivity contribution in [2.24, 2.45) is 4.99 Å². The van der Waals surface area contributed by atoms with Crippen LogP contribution < -0.4 is 10.1 Å². The number of aliphatic imine (C=N–C) groups is 1. The van der Waals surface area contributed by atoms with Crippen molar-refractivity contribution in [2.45, 2.75) is 0 Å². The van der Waals surface area contributed by atoms with Gasteiger partial charge in [0.1, 0.15) is 5.75 Å². The maximum Gasteiger partial charge on any atom is 0.287 e. The molecule has 1 radical (unpaired) electrons. The largest absolute Gasteiger partial charge is 0.456 e. The average Bonchev–Trinajstić information content (AvgIpc) is 2.21. The van der Waals surface area contributed by atoms with Gasteiger partial charge < -0.3 is 10.1 Å². The first-order valence-electron chi connectivity index (χ1n) is 4.00. The molecule has 0 unspecified atom stereocenters. The molecule has 0 fully saturated rings.